The van der Waals surface area contributed by atoms with Gasteiger partial charge in [0, 0.05) is 30.8 Å². The molecule has 1 heterocycles. The molecule has 0 bridgehead atoms. The highest BCUT2D eigenvalue weighted by atomic mass is 16.5. The lowest BCUT2D eigenvalue weighted by Gasteiger charge is -2.30. The summed E-state index contributed by atoms with van der Waals surface area (Å²) in [6.45, 7) is 1.45. The van der Waals surface area contributed by atoms with Crippen LogP contribution < -0.4 is 15.0 Å². The molecular formula is C19H27N3O3. The minimum atomic E-state index is -0.0339. The standard InChI is InChI=1S/C19H27N3O3/c1-21(2)10-11-22-16-9-8-15(12-17(16)25-13-18(22)23)20-19(24)14-6-4-3-5-7-14/h8-9,12,14H,3-7,10-11,13H2,1-2H3,(H,20,24). The highest BCUT2D eigenvalue weighted by Gasteiger charge is 2.26. The molecule has 3 rings (SSSR count). The van der Waals surface area contributed by atoms with E-state index >= 15 is 0 Å². The number of ether oxygens (including phenoxy) is 1. The minimum absolute atomic E-state index is 0.0339. The Morgan fingerprint density at radius 3 is 2.76 bits per heavy atom. The fourth-order valence-electron chi connectivity index (χ4n) is 3.44. The predicted octanol–water partition coefficient (Wildman–Crippen LogP) is 2.49. The zero-order valence-corrected chi connectivity index (χ0v) is 15.1. The number of amides is 2. The Morgan fingerprint density at radius 1 is 1.28 bits per heavy atom. The van der Waals surface area contributed by atoms with E-state index in [-0.39, 0.29) is 24.3 Å². The molecule has 0 saturated heterocycles. The van der Waals surface area contributed by atoms with Gasteiger partial charge >= 0.3 is 0 Å². The summed E-state index contributed by atoms with van der Waals surface area (Å²) in [5.41, 5.74) is 1.50. The summed E-state index contributed by atoms with van der Waals surface area (Å²) < 4.78 is 5.58. The van der Waals surface area contributed by atoms with Gasteiger partial charge in [0.25, 0.3) is 5.91 Å². The molecule has 2 aliphatic rings. The van der Waals surface area contributed by atoms with E-state index in [1.165, 1.54) is 6.42 Å². The largest absolute Gasteiger partial charge is 0.481 e. The number of hydrogen-bond donors (Lipinski definition) is 1. The van der Waals surface area contributed by atoms with Crippen LogP contribution in [0.2, 0.25) is 0 Å². The minimum Gasteiger partial charge on any atom is -0.481 e. The van der Waals surface area contributed by atoms with E-state index in [2.05, 4.69) is 5.32 Å². The molecule has 0 aromatic heterocycles. The SMILES string of the molecule is CN(C)CCN1C(=O)COc2cc(NC(=O)C3CCCCC3)ccc21. The Bertz CT molecular complexity index is 639. The van der Waals surface area contributed by atoms with Crippen molar-refractivity contribution in [1.82, 2.24) is 4.90 Å². The van der Waals surface area contributed by atoms with Crippen molar-refractivity contribution >= 4 is 23.2 Å². The summed E-state index contributed by atoms with van der Waals surface area (Å²) in [5, 5.41) is 3.01. The third-order valence-corrected chi connectivity index (χ3v) is 4.92. The zero-order valence-electron chi connectivity index (χ0n) is 15.1. The number of anilines is 2. The van der Waals surface area contributed by atoms with Crippen molar-refractivity contribution in [1.29, 1.82) is 0 Å². The molecular weight excluding hydrogens is 318 g/mol. The van der Waals surface area contributed by atoms with Gasteiger partial charge in [-0.25, -0.2) is 0 Å². The summed E-state index contributed by atoms with van der Waals surface area (Å²) in [7, 11) is 3.96. The smallest absolute Gasteiger partial charge is 0.265 e. The van der Waals surface area contributed by atoms with Crippen LogP contribution in [0, 0.1) is 5.92 Å². The van der Waals surface area contributed by atoms with Gasteiger partial charge < -0.3 is 19.9 Å². The van der Waals surface area contributed by atoms with Crippen LogP contribution in [0.25, 0.3) is 0 Å². The maximum atomic E-state index is 12.4. The van der Waals surface area contributed by atoms with Gasteiger partial charge in [0.2, 0.25) is 5.91 Å². The molecule has 0 unspecified atom stereocenters. The number of nitrogens with one attached hydrogen (secondary N) is 1. The predicted molar refractivity (Wildman–Crippen MR) is 98.0 cm³/mol. The second-order valence-electron chi connectivity index (χ2n) is 7.14. The third kappa shape index (κ3) is 4.31. The van der Waals surface area contributed by atoms with Crippen molar-refractivity contribution in [2.45, 2.75) is 32.1 Å². The molecule has 136 valence electrons. The fourth-order valence-corrected chi connectivity index (χ4v) is 3.44. The van der Waals surface area contributed by atoms with Crippen LogP contribution in [-0.4, -0.2) is 50.5 Å². The summed E-state index contributed by atoms with van der Waals surface area (Å²) in [6, 6.07) is 5.54. The number of rotatable bonds is 5. The first-order valence-corrected chi connectivity index (χ1v) is 9.07. The second-order valence-corrected chi connectivity index (χ2v) is 7.14. The van der Waals surface area contributed by atoms with Gasteiger partial charge in [-0.1, -0.05) is 19.3 Å². The average Bonchev–Trinajstić information content (AvgIpc) is 2.61. The van der Waals surface area contributed by atoms with E-state index in [4.69, 9.17) is 4.74 Å². The lowest BCUT2D eigenvalue weighted by molar-refractivity contribution is -0.121. The molecule has 0 spiro atoms. The number of carbonyl (C=O) groups is 2. The van der Waals surface area contributed by atoms with Crippen LogP contribution in [0.3, 0.4) is 0 Å². The van der Waals surface area contributed by atoms with E-state index in [0.717, 1.165) is 43.6 Å². The molecule has 1 saturated carbocycles. The third-order valence-electron chi connectivity index (χ3n) is 4.92. The average molecular weight is 345 g/mol. The Labute approximate surface area is 149 Å². The number of fused-ring (bicyclic) bond motifs is 1. The highest BCUT2D eigenvalue weighted by molar-refractivity contribution is 5.99. The highest BCUT2D eigenvalue weighted by Crippen LogP contribution is 2.35. The van der Waals surface area contributed by atoms with Crippen molar-refractivity contribution in [3.63, 3.8) is 0 Å². The first-order valence-electron chi connectivity index (χ1n) is 9.07. The Balaban J connectivity index is 1.70. The maximum absolute atomic E-state index is 12.4. The van der Waals surface area contributed by atoms with Crippen LogP contribution in [0.5, 0.6) is 5.75 Å². The monoisotopic (exact) mass is 345 g/mol. The summed E-state index contributed by atoms with van der Waals surface area (Å²) in [5.74, 6) is 0.827. The summed E-state index contributed by atoms with van der Waals surface area (Å²) in [4.78, 5) is 28.4. The van der Waals surface area contributed by atoms with Gasteiger partial charge in [-0.2, -0.15) is 0 Å². The number of likely N-dealkylation sites (N-methyl/N-ethyl adjacent to an activating group) is 1. The van der Waals surface area contributed by atoms with Gasteiger partial charge in [0.15, 0.2) is 6.61 Å². The molecule has 1 N–H and O–H groups in total. The Morgan fingerprint density at radius 2 is 2.04 bits per heavy atom. The molecule has 0 atom stereocenters. The topological polar surface area (TPSA) is 61.9 Å². The lowest BCUT2D eigenvalue weighted by atomic mass is 9.88. The lowest BCUT2D eigenvalue weighted by Crippen LogP contribution is -2.42. The van der Waals surface area contributed by atoms with Crippen LogP contribution >= 0.6 is 0 Å². The van der Waals surface area contributed by atoms with Gasteiger partial charge in [-0.3, -0.25) is 9.59 Å². The van der Waals surface area contributed by atoms with E-state index in [1.54, 1.807) is 4.90 Å². The molecule has 25 heavy (non-hydrogen) atoms. The molecule has 1 aliphatic carbocycles. The molecule has 6 nitrogen and oxygen atoms in total. The normalized spacial score (nSPS) is 18.0. The summed E-state index contributed by atoms with van der Waals surface area (Å²) in [6.07, 6.45) is 5.44. The van der Waals surface area contributed by atoms with Crippen molar-refractivity contribution in [3.05, 3.63) is 18.2 Å². The number of hydrogen-bond acceptors (Lipinski definition) is 4. The molecule has 1 aliphatic heterocycles. The molecule has 1 fully saturated rings. The van der Waals surface area contributed by atoms with Crippen LogP contribution in [0.1, 0.15) is 32.1 Å². The van der Waals surface area contributed by atoms with Crippen LogP contribution in [0.15, 0.2) is 18.2 Å². The zero-order chi connectivity index (χ0) is 17.8. The molecule has 2 amide bonds. The molecule has 6 heteroatoms. The van der Waals surface area contributed by atoms with Crippen molar-refractivity contribution in [3.8, 4) is 5.75 Å². The van der Waals surface area contributed by atoms with E-state index in [0.29, 0.717) is 12.3 Å². The van der Waals surface area contributed by atoms with Gasteiger partial charge in [-0.15, -0.1) is 0 Å². The Hall–Kier alpha value is -2.08. The molecule has 1 aromatic carbocycles. The first kappa shape index (κ1) is 17.7. The first-order chi connectivity index (χ1) is 12.0. The van der Waals surface area contributed by atoms with E-state index < -0.39 is 0 Å². The second kappa shape index (κ2) is 7.87. The van der Waals surface area contributed by atoms with Gasteiger partial charge in [-0.05, 0) is 39.1 Å². The molecule has 1 aromatic rings. The van der Waals surface area contributed by atoms with Gasteiger partial charge in [0.1, 0.15) is 5.75 Å². The van der Waals surface area contributed by atoms with Crippen molar-refractivity contribution in [2.24, 2.45) is 5.92 Å². The molecule has 0 radical (unpaired) electrons. The Kier molecular flexibility index (Phi) is 5.58. The van der Waals surface area contributed by atoms with E-state index in [1.807, 2.05) is 37.2 Å². The maximum Gasteiger partial charge on any atom is 0.265 e. The fraction of sp³-hybridized carbons (Fsp3) is 0.579. The van der Waals surface area contributed by atoms with E-state index in [9.17, 15) is 9.59 Å². The van der Waals surface area contributed by atoms with Crippen molar-refractivity contribution < 1.29 is 14.3 Å². The number of nitrogens with zero attached hydrogens (tertiary/aromatic N) is 2. The quantitative estimate of drug-likeness (QED) is 0.891. The number of benzene rings is 1. The van der Waals surface area contributed by atoms with Crippen LogP contribution in [0.4, 0.5) is 11.4 Å². The summed E-state index contributed by atoms with van der Waals surface area (Å²) >= 11 is 0. The van der Waals surface area contributed by atoms with Gasteiger partial charge in [0.05, 0.1) is 5.69 Å². The van der Waals surface area contributed by atoms with Crippen LogP contribution in [-0.2, 0) is 9.59 Å². The number of carbonyl (C=O) groups excluding carboxylic acids is 2. The van der Waals surface area contributed by atoms with Crippen molar-refractivity contribution in [2.75, 3.05) is 44.0 Å².